The Morgan fingerprint density at radius 3 is 2.15 bits per heavy atom. The van der Waals surface area contributed by atoms with Gasteiger partial charge in [-0.15, -0.1) is 0 Å². The third-order valence-electron chi connectivity index (χ3n) is 6.60. The highest BCUT2D eigenvalue weighted by molar-refractivity contribution is 6.42. The van der Waals surface area contributed by atoms with Crippen LogP contribution in [0.5, 0.6) is 5.75 Å². The van der Waals surface area contributed by atoms with E-state index in [0.717, 1.165) is 37.1 Å². The molecule has 2 unspecified atom stereocenters. The molecule has 1 fully saturated rings. The van der Waals surface area contributed by atoms with Crippen molar-refractivity contribution in [3.05, 3.63) is 88.7 Å². The lowest BCUT2D eigenvalue weighted by Gasteiger charge is -2.29. The molecule has 0 spiro atoms. The van der Waals surface area contributed by atoms with Crippen molar-refractivity contribution in [1.82, 2.24) is 10.2 Å². The number of likely N-dealkylation sites (tertiary alicyclic amines) is 1. The zero-order valence-electron chi connectivity index (χ0n) is 22.4. The van der Waals surface area contributed by atoms with E-state index in [1.807, 2.05) is 20.8 Å². The number of carbonyl (C=O) groups is 2. The molecule has 2 atom stereocenters. The van der Waals surface area contributed by atoms with Gasteiger partial charge in [-0.1, -0.05) is 54.1 Å². The number of nitrogens with zero attached hydrogens (tertiary/aromatic N) is 1. The number of benzene rings is 3. The Hall–Kier alpha value is -3.26. The van der Waals surface area contributed by atoms with Crippen LogP contribution in [0.15, 0.2) is 66.7 Å². The van der Waals surface area contributed by atoms with E-state index in [2.05, 4.69) is 10.2 Å². The summed E-state index contributed by atoms with van der Waals surface area (Å²) in [5, 5.41) is 14.4. The highest BCUT2D eigenvalue weighted by atomic mass is 35.5. The second kappa shape index (κ2) is 12.3. The molecule has 1 saturated heterocycles. The molecule has 0 aliphatic carbocycles. The first-order chi connectivity index (χ1) is 18.5. The quantitative estimate of drug-likeness (QED) is 0.258. The molecule has 39 heavy (non-hydrogen) atoms. The molecule has 1 amide bonds. The van der Waals surface area contributed by atoms with Crippen molar-refractivity contribution in [2.75, 3.05) is 19.6 Å². The SMILES string of the molecule is CC(C)(C)Oc1ccc(C(O)C(CN2CCCC2)NC(=O)C(=O)c2ccc(-c3ccc(F)cc3)cc2)cc1Cl. The van der Waals surface area contributed by atoms with Crippen molar-refractivity contribution in [3.8, 4) is 16.9 Å². The molecule has 4 rings (SSSR count). The zero-order chi connectivity index (χ0) is 28.2. The minimum absolute atomic E-state index is 0.222. The second-order valence-electron chi connectivity index (χ2n) is 10.9. The van der Waals surface area contributed by atoms with Crippen LogP contribution in [0.25, 0.3) is 11.1 Å². The van der Waals surface area contributed by atoms with Gasteiger partial charge < -0.3 is 20.1 Å². The number of nitrogens with one attached hydrogen (secondary N) is 1. The van der Waals surface area contributed by atoms with Crippen LogP contribution in [0.2, 0.25) is 5.02 Å². The Labute approximate surface area is 233 Å². The van der Waals surface area contributed by atoms with Crippen LogP contribution < -0.4 is 10.1 Å². The van der Waals surface area contributed by atoms with Crippen LogP contribution in [-0.4, -0.2) is 53.0 Å². The Morgan fingerprint density at radius 2 is 1.59 bits per heavy atom. The van der Waals surface area contributed by atoms with Gasteiger partial charge in [0.1, 0.15) is 23.3 Å². The summed E-state index contributed by atoms with van der Waals surface area (Å²) in [6, 6.07) is 16.9. The maximum Gasteiger partial charge on any atom is 0.292 e. The maximum atomic E-state index is 13.2. The van der Waals surface area contributed by atoms with Gasteiger partial charge in [0.25, 0.3) is 5.91 Å². The van der Waals surface area contributed by atoms with E-state index in [9.17, 15) is 19.1 Å². The first-order valence-electron chi connectivity index (χ1n) is 13.1. The largest absolute Gasteiger partial charge is 0.487 e. The van der Waals surface area contributed by atoms with E-state index >= 15 is 0 Å². The minimum Gasteiger partial charge on any atom is -0.487 e. The summed E-state index contributed by atoms with van der Waals surface area (Å²) in [6.45, 7) is 7.86. The fourth-order valence-electron chi connectivity index (χ4n) is 4.64. The monoisotopic (exact) mass is 552 g/mol. The van der Waals surface area contributed by atoms with Gasteiger partial charge in [0.15, 0.2) is 0 Å². The van der Waals surface area contributed by atoms with Crippen LogP contribution >= 0.6 is 11.6 Å². The average molecular weight is 553 g/mol. The summed E-state index contributed by atoms with van der Waals surface area (Å²) in [5.41, 5.74) is 1.89. The molecule has 206 valence electrons. The molecule has 3 aromatic carbocycles. The molecule has 1 aliphatic rings. The molecule has 2 N–H and O–H groups in total. The normalized spacial score (nSPS) is 15.5. The molecular weight excluding hydrogens is 519 g/mol. The van der Waals surface area contributed by atoms with Gasteiger partial charge in [-0.2, -0.15) is 0 Å². The summed E-state index contributed by atoms with van der Waals surface area (Å²) >= 11 is 6.45. The Kier molecular flexibility index (Phi) is 9.05. The van der Waals surface area contributed by atoms with Gasteiger partial charge in [0, 0.05) is 12.1 Å². The average Bonchev–Trinajstić information content (AvgIpc) is 3.41. The van der Waals surface area contributed by atoms with E-state index in [1.54, 1.807) is 54.6 Å². The lowest BCUT2D eigenvalue weighted by molar-refractivity contribution is -0.118. The predicted molar refractivity (Wildman–Crippen MR) is 151 cm³/mol. The number of rotatable bonds is 9. The van der Waals surface area contributed by atoms with E-state index in [-0.39, 0.29) is 11.4 Å². The lowest BCUT2D eigenvalue weighted by atomic mass is 10.00. The van der Waals surface area contributed by atoms with Crippen molar-refractivity contribution in [2.24, 2.45) is 0 Å². The summed E-state index contributed by atoms with van der Waals surface area (Å²) < 4.78 is 19.1. The van der Waals surface area contributed by atoms with Crippen molar-refractivity contribution in [3.63, 3.8) is 0 Å². The Morgan fingerprint density at radius 1 is 1.00 bits per heavy atom. The van der Waals surface area contributed by atoms with Gasteiger partial charge in [0.2, 0.25) is 5.78 Å². The third-order valence-corrected chi connectivity index (χ3v) is 6.89. The molecule has 1 aliphatic heterocycles. The highest BCUT2D eigenvalue weighted by Gasteiger charge is 2.29. The van der Waals surface area contributed by atoms with Crippen LogP contribution in [0.4, 0.5) is 4.39 Å². The number of ketones is 1. The molecule has 0 radical (unpaired) electrons. The second-order valence-corrected chi connectivity index (χ2v) is 11.3. The number of Topliss-reactive ketones (excluding diaryl/α,β-unsaturated/α-hetero) is 1. The first kappa shape index (κ1) is 28.7. The van der Waals surface area contributed by atoms with Gasteiger partial charge in [-0.05, 0) is 87.7 Å². The number of hydrogen-bond acceptors (Lipinski definition) is 5. The summed E-state index contributed by atoms with van der Waals surface area (Å²) in [7, 11) is 0. The molecule has 0 aromatic heterocycles. The van der Waals surface area contributed by atoms with Crippen molar-refractivity contribution < 1.29 is 23.8 Å². The third kappa shape index (κ3) is 7.66. The van der Waals surface area contributed by atoms with Crippen molar-refractivity contribution >= 4 is 23.3 Å². The summed E-state index contributed by atoms with van der Waals surface area (Å²) in [6.07, 6.45) is 0.992. The number of aliphatic hydroxyl groups is 1. The molecule has 0 saturated carbocycles. The topological polar surface area (TPSA) is 78.9 Å². The molecular formula is C31H34ClFN2O4. The maximum absolute atomic E-state index is 13.2. The van der Waals surface area contributed by atoms with Crippen molar-refractivity contribution in [2.45, 2.75) is 51.4 Å². The minimum atomic E-state index is -1.09. The predicted octanol–water partition coefficient (Wildman–Crippen LogP) is 5.82. The van der Waals surface area contributed by atoms with Crippen LogP contribution in [0, 0.1) is 5.82 Å². The number of halogens is 2. The molecule has 8 heteroatoms. The van der Waals surface area contributed by atoms with Crippen molar-refractivity contribution in [1.29, 1.82) is 0 Å². The number of hydrogen-bond donors (Lipinski definition) is 2. The van der Waals surface area contributed by atoms with Gasteiger partial charge in [0.05, 0.1) is 11.1 Å². The van der Waals surface area contributed by atoms with Gasteiger partial charge in [-0.25, -0.2) is 4.39 Å². The molecule has 1 heterocycles. The summed E-state index contributed by atoms with van der Waals surface area (Å²) in [4.78, 5) is 28.2. The first-order valence-corrected chi connectivity index (χ1v) is 13.5. The smallest absolute Gasteiger partial charge is 0.292 e. The number of amides is 1. The lowest BCUT2D eigenvalue weighted by Crippen LogP contribution is -2.48. The summed E-state index contributed by atoms with van der Waals surface area (Å²) in [5.74, 6) is -1.33. The standard InChI is InChI=1S/C31H34ClFN2O4/c1-31(2,3)39-27-15-12-23(18-25(27)32)28(36)26(19-35-16-4-5-17-35)34-30(38)29(37)22-8-6-20(7-9-22)21-10-13-24(33)14-11-21/h6-15,18,26,28,36H,4-5,16-17,19H2,1-3H3,(H,34,38). The van der Waals surface area contributed by atoms with Crippen LogP contribution in [0.1, 0.15) is 55.6 Å². The fourth-order valence-corrected chi connectivity index (χ4v) is 4.86. The molecule has 6 nitrogen and oxygen atoms in total. The van der Waals surface area contributed by atoms with E-state index in [0.29, 0.717) is 22.9 Å². The zero-order valence-corrected chi connectivity index (χ0v) is 23.2. The molecule has 3 aromatic rings. The number of aliphatic hydroxyl groups excluding tert-OH is 1. The van der Waals surface area contributed by atoms with E-state index in [4.69, 9.17) is 16.3 Å². The number of carbonyl (C=O) groups excluding carboxylic acids is 2. The van der Waals surface area contributed by atoms with Gasteiger partial charge >= 0.3 is 0 Å². The van der Waals surface area contributed by atoms with Crippen LogP contribution in [0.3, 0.4) is 0 Å². The molecule has 0 bridgehead atoms. The Balaban J connectivity index is 1.49. The Bertz CT molecular complexity index is 1300. The fraction of sp³-hybridized carbons (Fsp3) is 0.355. The number of ether oxygens (including phenoxy) is 1. The van der Waals surface area contributed by atoms with Crippen LogP contribution in [-0.2, 0) is 4.79 Å². The van der Waals surface area contributed by atoms with E-state index in [1.165, 1.54) is 12.1 Å². The van der Waals surface area contributed by atoms with E-state index < -0.39 is 29.4 Å². The highest BCUT2D eigenvalue weighted by Crippen LogP contribution is 2.32. The van der Waals surface area contributed by atoms with Gasteiger partial charge in [-0.3, -0.25) is 9.59 Å².